The van der Waals surface area contributed by atoms with E-state index in [9.17, 15) is 4.79 Å². The molecule has 0 radical (unpaired) electrons. The van der Waals surface area contributed by atoms with Gasteiger partial charge in [0, 0.05) is 30.0 Å². The minimum absolute atomic E-state index is 0.0115. The van der Waals surface area contributed by atoms with Crippen LogP contribution in [0.5, 0.6) is 0 Å². The van der Waals surface area contributed by atoms with Gasteiger partial charge >= 0.3 is 0 Å². The zero-order valence-corrected chi connectivity index (χ0v) is 14.2. The fraction of sp³-hybridized carbons (Fsp3) is 0.375. The molecule has 2 aromatic heterocycles. The SMILES string of the molecule is CCCn1cc(Br)cc1C(=O)N(C)Cc1cccc(C)n1. The third-order valence-corrected chi connectivity index (χ3v) is 3.67. The van der Waals surface area contributed by atoms with Crippen LogP contribution >= 0.6 is 15.9 Å². The summed E-state index contributed by atoms with van der Waals surface area (Å²) in [5, 5.41) is 0. The van der Waals surface area contributed by atoms with Gasteiger partial charge in [0.25, 0.3) is 5.91 Å². The first-order valence-electron chi connectivity index (χ1n) is 7.05. The number of hydrogen-bond donors (Lipinski definition) is 0. The van der Waals surface area contributed by atoms with Gasteiger partial charge in [0.2, 0.25) is 0 Å². The molecule has 0 aliphatic heterocycles. The molecule has 0 unspecified atom stereocenters. The maximum atomic E-state index is 12.6. The van der Waals surface area contributed by atoms with E-state index >= 15 is 0 Å². The van der Waals surface area contributed by atoms with Crippen LogP contribution in [0.15, 0.2) is 34.9 Å². The Labute approximate surface area is 133 Å². The lowest BCUT2D eigenvalue weighted by molar-refractivity contribution is 0.0772. The number of amides is 1. The van der Waals surface area contributed by atoms with Crippen LogP contribution < -0.4 is 0 Å². The fourth-order valence-corrected chi connectivity index (χ4v) is 2.74. The number of halogens is 1. The Kier molecular flexibility index (Phi) is 5.17. The number of nitrogens with zero attached hydrogens (tertiary/aromatic N) is 3. The first kappa shape index (κ1) is 15.8. The Morgan fingerprint density at radius 3 is 2.86 bits per heavy atom. The molecule has 4 nitrogen and oxygen atoms in total. The summed E-state index contributed by atoms with van der Waals surface area (Å²) >= 11 is 3.44. The maximum Gasteiger partial charge on any atom is 0.270 e. The van der Waals surface area contributed by atoms with Crippen LogP contribution in [0.3, 0.4) is 0 Å². The fourth-order valence-electron chi connectivity index (χ4n) is 2.28. The van der Waals surface area contributed by atoms with E-state index in [2.05, 4.69) is 27.8 Å². The molecule has 0 aliphatic rings. The highest BCUT2D eigenvalue weighted by atomic mass is 79.9. The monoisotopic (exact) mass is 349 g/mol. The van der Waals surface area contributed by atoms with Gasteiger partial charge in [-0.05, 0) is 47.5 Å². The molecule has 5 heteroatoms. The molecule has 0 saturated carbocycles. The number of rotatable bonds is 5. The Hall–Kier alpha value is -1.62. The molecule has 1 amide bonds. The summed E-state index contributed by atoms with van der Waals surface area (Å²) in [6.45, 7) is 5.40. The standard InChI is InChI=1S/C16H20BrN3O/c1-4-8-20-10-13(17)9-15(20)16(21)19(3)11-14-7-5-6-12(2)18-14/h5-7,9-10H,4,8,11H2,1-3H3. The molecule has 0 saturated heterocycles. The molecule has 0 atom stereocenters. The van der Waals surface area contributed by atoms with Crippen LogP contribution in [-0.2, 0) is 13.1 Å². The zero-order chi connectivity index (χ0) is 15.4. The molecule has 112 valence electrons. The lowest BCUT2D eigenvalue weighted by Crippen LogP contribution is -2.28. The number of pyridine rings is 1. The van der Waals surface area contributed by atoms with Gasteiger partial charge in [0.15, 0.2) is 0 Å². The van der Waals surface area contributed by atoms with Gasteiger partial charge in [-0.1, -0.05) is 13.0 Å². The number of aryl methyl sites for hydroxylation is 2. The van der Waals surface area contributed by atoms with E-state index in [1.165, 1.54) is 0 Å². The first-order chi connectivity index (χ1) is 10.0. The average Bonchev–Trinajstić information content (AvgIpc) is 2.79. The molecule has 0 aliphatic carbocycles. The summed E-state index contributed by atoms with van der Waals surface area (Å²) in [6, 6.07) is 7.73. The van der Waals surface area contributed by atoms with E-state index in [-0.39, 0.29) is 5.91 Å². The number of aromatic nitrogens is 2. The van der Waals surface area contributed by atoms with Crippen molar-refractivity contribution in [3.8, 4) is 0 Å². The summed E-state index contributed by atoms with van der Waals surface area (Å²) in [4.78, 5) is 18.7. The van der Waals surface area contributed by atoms with E-state index < -0.39 is 0 Å². The quantitative estimate of drug-likeness (QED) is 0.826. The third kappa shape index (κ3) is 3.94. The smallest absolute Gasteiger partial charge is 0.270 e. The van der Waals surface area contributed by atoms with Crippen molar-refractivity contribution in [1.82, 2.24) is 14.5 Å². The van der Waals surface area contributed by atoms with Crippen molar-refractivity contribution in [1.29, 1.82) is 0 Å². The van der Waals surface area contributed by atoms with Gasteiger partial charge < -0.3 is 9.47 Å². The zero-order valence-electron chi connectivity index (χ0n) is 12.6. The van der Waals surface area contributed by atoms with Crippen LogP contribution in [0.4, 0.5) is 0 Å². The normalized spacial score (nSPS) is 10.7. The van der Waals surface area contributed by atoms with Crippen LogP contribution in [-0.4, -0.2) is 27.4 Å². The minimum Gasteiger partial charge on any atom is -0.342 e. The maximum absolute atomic E-state index is 12.6. The molecular weight excluding hydrogens is 330 g/mol. The van der Waals surface area contributed by atoms with E-state index in [1.807, 2.05) is 49.0 Å². The molecule has 0 aromatic carbocycles. The second kappa shape index (κ2) is 6.89. The summed E-state index contributed by atoms with van der Waals surface area (Å²) in [5.74, 6) is 0.0115. The van der Waals surface area contributed by atoms with Crippen molar-refractivity contribution in [2.75, 3.05) is 7.05 Å². The van der Waals surface area contributed by atoms with E-state index in [4.69, 9.17) is 0 Å². The van der Waals surface area contributed by atoms with Crippen molar-refractivity contribution in [3.05, 3.63) is 52.0 Å². The molecule has 0 spiro atoms. The van der Waals surface area contributed by atoms with Crippen LogP contribution in [0.1, 0.15) is 35.2 Å². The minimum atomic E-state index is 0.0115. The highest BCUT2D eigenvalue weighted by molar-refractivity contribution is 9.10. The molecule has 0 N–H and O–H groups in total. The van der Waals surface area contributed by atoms with Gasteiger partial charge in [0.1, 0.15) is 5.69 Å². The lowest BCUT2D eigenvalue weighted by atomic mass is 10.3. The van der Waals surface area contributed by atoms with Crippen LogP contribution in [0.25, 0.3) is 0 Å². The molecule has 21 heavy (non-hydrogen) atoms. The predicted octanol–water partition coefficient (Wildman–Crippen LogP) is 3.64. The van der Waals surface area contributed by atoms with E-state index in [0.29, 0.717) is 12.2 Å². The van der Waals surface area contributed by atoms with Gasteiger partial charge in [-0.3, -0.25) is 9.78 Å². The largest absolute Gasteiger partial charge is 0.342 e. The third-order valence-electron chi connectivity index (χ3n) is 3.24. The number of hydrogen-bond acceptors (Lipinski definition) is 2. The van der Waals surface area contributed by atoms with Crippen molar-refractivity contribution in [2.45, 2.75) is 33.4 Å². The lowest BCUT2D eigenvalue weighted by Gasteiger charge is -2.18. The van der Waals surface area contributed by atoms with Crippen molar-refractivity contribution < 1.29 is 4.79 Å². The Morgan fingerprint density at radius 1 is 1.43 bits per heavy atom. The topological polar surface area (TPSA) is 38.1 Å². The highest BCUT2D eigenvalue weighted by Gasteiger charge is 2.17. The van der Waals surface area contributed by atoms with Crippen LogP contribution in [0.2, 0.25) is 0 Å². The van der Waals surface area contributed by atoms with Gasteiger partial charge in [0.05, 0.1) is 12.2 Å². The van der Waals surface area contributed by atoms with Crippen molar-refractivity contribution in [3.63, 3.8) is 0 Å². The molecule has 2 heterocycles. The average molecular weight is 350 g/mol. The van der Waals surface area contributed by atoms with Crippen molar-refractivity contribution in [2.24, 2.45) is 0 Å². The molecule has 2 aromatic rings. The number of carbonyl (C=O) groups excluding carboxylic acids is 1. The van der Waals surface area contributed by atoms with Gasteiger partial charge in [-0.15, -0.1) is 0 Å². The Bertz CT molecular complexity index is 636. The molecule has 0 bridgehead atoms. The Morgan fingerprint density at radius 2 is 2.19 bits per heavy atom. The molecule has 0 fully saturated rings. The van der Waals surface area contributed by atoms with Gasteiger partial charge in [-0.25, -0.2) is 0 Å². The predicted molar refractivity (Wildman–Crippen MR) is 87.2 cm³/mol. The summed E-state index contributed by atoms with van der Waals surface area (Å²) < 4.78 is 2.92. The molecular formula is C16H20BrN3O. The van der Waals surface area contributed by atoms with E-state index in [1.54, 1.807) is 4.90 Å². The van der Waals surface area contributed by atoms with E-state index in [0.717, 1.165) is 28.8 Å². The first-order valence-corrected chi connectivity index (χ1v) is 7.84. The second-order valence-corrected chi connectivity index (χ2v) is 6.08. The van der Waals surface area contributed by atoms with Crippen LogP contribution in [0, 0.1) is 6.92 Å². The highest BCUT2D eigenvalue weighted by Crippen LogP contribution is 2.17. The number of carbonyl (C=O) groups is 1. The second-order valence-electron chi connectivity index (χ2n) is 5.17. The summed E-state index contributed by atoms with van der Waals surface area (Å²) in [5.41, 5.74) is 2.57. The van der Waals surface area contributed by atoms with Gasteiger partial charge in [-0.2, -0.15) is 0 Å². The Balaban J connectivity index is 2.15. The molecule has 2 rings (SSSR count). The summed E-state index contributed by atoms with van der Waals surface area (Å²) in [7, 11) is 1.81. The summed E-state index contributed by atoms with van der Waals surface area (Å²) in [6.07, 6.45) is 2.94. The van der Waals surface area contributed by atoms with Crippen molar-refractivity contribution >= 4 is 21.8 Å².